The highest BCUT2D eigenvalue weighted by Gasteiger charge is 2.23. The van der Waals surface area contributed by atoms with Gasteiger partial charge in [-0.05, 0) is 48.7 Å². The minimum Gasteiger partial charge on any atom is -0.494 e. The highest BCUT2D eigenvalue weighted by molar-refractivity contribution is 6.34. The Bertz CT molecular complexity index is 839. The van der Waals surface area contributed by atoms with Crippen molar-refractivity contribution >= 4 is 23.5 Å². The Morgan fingerprint density at radius 1 is 1.07 bits per heavy atom. The number of benzene rings is 2. The summed E-state index contributed by atoms with van der Waals surface area (Å²) < 4.78 is 11.4. The van der Waals surface area contributed by atoms with Crippen LogP contribution in [0.2, 0.25) is 5.02 Å². The number of fused-ring (bicyclic) bond motifs is 10. The zero-order chi connectivity index (χ0) is 19.2. The van der Waals surface area contributed by atoms with E-state index in [-0.39, 0.29) is 17.0 Å². The quantitative estimate of drug-likeness (QED) is 0.781. The Morgan fingerprint density at radius 3 is 2.44 bits per heavy atom. The fourth-order valence-corrected chi connectivity index (χ4v) is 3.04. The summed E-state index contributed by atoms with van der Waals surface area (Å²) in [5.41, 5.74) is 0.964. The van der Waals surface area contributed by atoms with Gasteiger partial charge in [0.1, 0.15) is 17.5 Å². The maximum absolute atomic E-state index is 12.5. The van der Waals surface area contributed by atoms with Crippen molar-refractivity contribution in [2.75, 3.05) is 13.2 Å². The Labute approximate surface area is 162 Å². The molecule has 0 saturated carbocycles. The van der Waals surface area contributed by atoms with Crippen LogP contribution in [0.5, 0.6) is 11.5 Å². The molecule has 0 aromatic heterocycles. The molecule has 4 rings (SSSR count). The molecule has 2 aliphatic heterocycles. The SMILES string of the molecule is O=C1N[C@H](C(=O)O)Cc2cccc(c2)OCCCCOc2ccc1c(Cl)c2. The first kappa shape index (κ1) is 19.0. The number of carboxylic acids is 1. The molecular formula is C20H20ClNO5. The summed E-state index contributed by atoms with van der Waals surface area (Å²) in [6, 6.07) is 10.9. The molecule has 4 bridgehead atoms. The number of aliphatic carboxylic acids is 1. The second-order valence-electron chi connectivity index (χ2n) is 6.26. The third-order valence-corrected chi connectivity index (χ3v) is 4.52. The van der Waals surface area contributed by atoms with Gasteiger partial charge in [0.25, 0.3) is 5.91 Å². The first-order chi connectivity index (χ1) is 13.0. The van der Waals surface area contributed by atoms with Crippen molar-refractivity contribution in [3.8, 4) is 11.5 Å². The number of amides is 1. The Kier molecular flexibility index (Phi) is 6.19. The van der Waals surface area contributed by atoms with Crippen LogP contribution in [-0.2, 0) is 11.2 Å². The largest absolute Gasteiger partial charge is 0.494 e. The number of nitrogens with one attached hydrogen (secondary N) is 1. The standard InChI is InChI=1S/C20H20ClNO5/c21-17-12-15-6-7-16(17)19(23)22-18(20(24)25)11-13-4-3-5-14(10-13)26-8-1-2-9-27-15/h3-7,10,12,18H,1-2,8-9,11H2,(H,22,23)(H,24,25)/t18-/m0/s1. The molecule has 27 heavy (non-hydrogen) atoms. The fourth-order valence-electron chi connectivity index (χ4n) is 2.79. The van der Waals surface area contributed by atoms with Crippen LogP contribution >= 0.6 is 11.6 Å². The number of hydrogen-bond acceptors (Lipinski definition) is 4. The van der Waals surface area contributed by atoms with Crippen LogP contribution in [0.25, 0.3) is 0 Å². The molecule has 1 atom stereocenters. The van der Waals surface area contributed by atoms with Gasteiger partial charge in [0.2, 0.25) is 0 Å². The molecular weight excluding hydrogens is 370 g/mol. The lowest BCUT2D eigenvalue weighted by Crippen LogP contribution is -2.42. The summed E-state index contributed by atoms with van der Waals surface area (Å²) in [7, 11) is 0. The van der Waals surface area contributed by atoms with Gasteiger partial charge < -0.3 is 19.9 Å². The molecule has 0 radical (unpaired) electrons. The van der Waals surface area contributed by atoms with Gasteiger partial charge in [-0.15, -0.1) is 0 Å². The zero-order valence-electron chi connectivity index (χ0n) is 14.6. The highest BCUT2D eigenvalue weighted by atomic mass is 35.5. The van der Waals surface area contributed by atoms with Crippen molar-refractivity contribution in [2.24, 2.45) is 0 Å². The van der Waals surface area contributed by atoms with Crippen LogP contribution in [-0.4, -0.2) is 36.2 Å². The van der Waals surface area contributed by atoms with Crippen LogP contribution in [0.1, 0.15) is 28.8 Å². The molecule has 2 aliphatic rings. The van der Waals surface area contributed by atoms with E-state index >= 15 is 0 Å². The van der Waals surface area contributed by atoms with Crippen molar-refractivity contribution in [3.05, 3.63) is 58.6 Å². The van der Waals surface area contributed by atoms with Crippen molar-refractivity contribution in [1.29, 1.82) is 0 Å². The molecule has 0 aliphatic carbocycles. The number of ether oxygens (including phenoxy) is 2. The van der Waals surface area contributed by atoms with Gasteiger partial charge in [-0.2, -0.15) is 0 Å². The van der Waals surface area contributed by atoms with E-state index in [0.717, 1.165) is 18.4 Å². The smallest absolute Gasteiger partial charge is 0.326 e. The fraction of sp³-hybridized carbons (Fsp3) is 0.300. The van der Waals surface area contributed by atoms with E-state index in [4.69, 9.17) is 21.1 Å². The second kappa shape index (κ2) is 8.77. The highest BCUT2D eigenvalue weighted by Crippen LogP contribution is 2.23. The van der Waals surface area contributed by atoms with Gasteiger partial charge in [0, 0.05) is 6.42 Å². The summed E-state index contributed by atoms with van der Waals surface area (Å²) in [5.74, 6) is -0.439. The first-order valence-electron chi connectivity index (χ1n) is 8.70. The van der Waals surface area contributed by atoms with Crippen molar-refractivity contribution in [1.82, 2.24) is 5.32 Å². The van der Waals surface area contributed by atoms with E-state index in [9.17, 15) is 14.7 Å². The predicted octanol–water partition coefficient (Wildman–Crippen LogP) is 3.32. The summed E-state index contributed by atoms with van der Waals surface area (Å²) >= 11 is 6.19. The minimum absolute atomic E-state index is 0.136. The molecule has 142 valence electrons. The van der Waals surface area contributed by atoms with E-state index in [1.807, 2.05) is 6.07 Å². The summed E-state index contributed by atoms with van der Waals surface area (Å²) in [5, 5.41) is 12.2. The summed E-state index contributed by atoms with van der Waals surface area (Å²) in [4.78, 5) is 24.1. The van der Waals surface area contributed by atoms with Crippen LogP contribution in [0.4, 0.5) is 0 Å². The molecule has 0 fully saturated rings. The Hall–Kier alpha value is -2.73. The van der Waals surface area contributed by atoms with Gasteiger partial charge in [0.05, 0.1) is 23.8 Å². The molecule has 1 amide bonds. The lowest BCUT2D eigenvalue weighted by molar-refractivity contribution is -0.139. The lowest BCUT2D eigenvalue weighted by atomic mass is 10.0. The second-order valence-corrected chi connectivity index (χ2v) is 6.67. The number of carbonyl (C=O) groups excluding carboxylic acids is 1. The van der Waals surface area contributed by atoms with Gasteiger partial charge in [-0.25, -0.2) is 4.79 Å². The molecule has 2 heterocycles. The maximum atomic E-state index is 12.5. The van der Waals surface area contributed by atoms with Crippen LogP contribution < -0.4 is 14.8 Å². The predicted molar refractivity (Wildman–Crippen MR) is 101 cm³/mol. The van der Waals surface area contributed by atoms with E-state index < -0.39 is 17.9 Å². The Morgan fingerprint density at radius 2 is 1.78 bits per heavy atom. The van der Waals surface area contributed by atoms with E-state index in [1.54, 1.807) is 30.3 Å². The Balaban J connectivity index is 1.88. The van der Waals surface area contributed by atoms with Gasteiger partial charge >= 0.3 is 5.97 Å². The average Bonchev–Trinajstić information content (AvgIpc) is 2.63. The third kappa shape index (κ3) is 5.14. The molecule has 0 saturated heterocycles. The van der Waals surface area contributed by atoms with E-state index in [2.05, 4.69) is 5.32 Å². The third-order valence-electron chi connectivity index (χ3n) is 4.20. The lowest BCUT2D eigenvalue weighted by Gasteiger charge is -2.16. The number of carbonyl (C=O) groups is 2. The van der Waals surface area contributed by atoms with Crippen molar-refractivity contribution in [3.63, 3.8) is 0 Å². The molecule has 6 nitrogen and oxygen atoms in total. The van der Waals surface area contributed by atoms with E-state index in [1.165, 1.54) is 6.07 Å². The molecule has 0 unspecified atom stereocenters. The number of halogens is 1. The normalized spacial score (nSPS) is 18.0. The molecule has 7 heteroatoms. The van der Waals surface area contributed by atoms with Gasteiger partial charge in [-0.3, -0.25) is 4.79 Å². The maximum Gasteiger partial charge on any atom is 0.326 e. The number of rotatable bonds is 1. The van der Waals surface area contributed by atoms with Gasteiger partial charge in [0.15, 0.2) is 0 Å². The van der Waals surface area contributed by atoms with Crippen LogP contribution in [0, 0.1) is 0 Å². The van der Waals surface area contributed by atoms with E-state index in [0.29, 0.717) is 24.7 Å². The monoisotopic (exact) mass is 389 g/mol. The first-order valence-corrected chi connectivity index (χ1v) is 9.08. The zero-order valence-corrected chi connectivity index (χ0v) is 15.4. The molecule has 2 aromatic carbocycles. The van der Waals surface area contributed by atoms with Crippen LogP contribution in [0.3, 0.4) is 0 Å². The van der Waals surface area contributed by atoms with Crippen molar-refractivity contribution in [2.45, 2.75) is 25.3 Å². The summed E-state index contributed by atoms with van der Waals surface area (Å²) in [6.45, 7) is 1.04. The average molecular weight is 390 g/mol. The molecule has 2 aromatic rings. The molecule has 2 N–H and O–H groups in total. The molecule has 0 spiro atoms. The number of hydrogen-bond donors (Lipinski definition) is 2. The summed E-state index contributed by atoms with van der Waals surface area (Å²) in [6.07, 6.45) is 1.76. The topological polar surface area (TPSA) is 84.9 Å². The van der Waals surface area contributed by atoms with Crippen LogP contribution in [0.15, 0.2) is 42.5 Å². The van der Waals surface area contributed by atoms with Crippen molar-refractivity contribution < 1.29 is 24.2 Å². The minimum atomic E-state index is -1.12. The van der Waals surface area contributed by atoms with Gasteiger partial charge in [-0.1, -0.05) is 23.7 Å². The number of carboxylic acid groups (broad SMARTS) is 1.